The summed E-state index contributed by atoms with van der Waals surface area (Å²) in [4.78, 5) is 6.90. The quantitative estimate of drug-likeness (QED) is 0.738. The second-order valence-electron chi connectivity index (χ2n) is 4.84. The van der Waals surface area contributed by atoms with Crippen LogP contribution in [0.15, 0.2) is 16.8 Å². The molecule has 0 aliphatic carbocycles. The molecule has 4 nitrogen and oxygen atoms in total. The highest BCUT2D eigenvalue weighted by Gasteiger charge is 2.17. The number of nitrogens with two attached hydrogens (primary N) is 1. The predicted molar refractivity (Wildman–Crippen MR) is 69.0 cm³/mol. The molecular formula is C12H24N4. The van der Waals surface area contributed by atoms with E-state index in [0.717, 1.165) is 37.6 Å². The SMILES string of the molecule is C/C=C(CC(C)C)\N=C1\CN(C)CCN1N. The molecule has 1 aliphatic rings. The van der Waals surface area contributed by atoms with Gasteiger partial charge in [-0.3, -0.25) is 9.91 Å². The zero-order valence-electron chi connectivity index (χ0n) is 10.9. The van der Waals surface area contributed by atoms with Gasteiger partial charge in [0, 0.05) is 18.8 Å². The van der Waals surface area contributed by atoms with Gasteiger partial charge in [0.1, 0.15) is 5.84 Å². The van der Waals surface area contributed by atoms with E-state index in [4.69, 9.17) is 5.84 Å². The summed E-state index contributed by atoms with van der Waals surface area (Å²) in [5, 5.41) is 1.77. The maximum atomic E-state index is 5.92. The van der Waals surface area contributed by atoms with Gasteiger partial charge in [-0.25, -0.2) is 10.8 Å². The molecule has 0 saturated carbocycles. The van der Waals surface area contributed by atoms with Gasteiger partial charge in [-0.1, -0.05) is 19.9 Å². The number of hydrazine groups is 1. The van der Waals surface area contributed by atoms with Crippen LogP contribution in [0.4, 0.5) is 0 Å². The summed E-state index contributed by atoms with van der Waals surface area (Å²) >= 11 is 0. The molecule has 1 rings (SSSR count). The molecular weight excluding hydrogens is 200 g/mol. The summed E-state index contributed by atoms with van der Waals surface area (Å²) in [6.45, 7) is 9.15. The Morgan fingerprint density at radius 1 is 1.50 bits per heavy atom. The van der Waals surface area contributed by atoms with E-state index in [1.807, 2.05) is 6.92 Å². The van der Waals surface area contributed by atoms with Crippen LogP contribution in [0.1, 0.15) is 27.2 Å². The molecule has 0 unspecified atom stereocenters. The lowest BCUT2D eigenvalue weighted by Crippen LogP contribution is -2.52. The van der Waals surface area contributed by atoms with E-state index in [9.17, 15) is 0 Å². The summed E-state index contributed by atoms with van der Waals surface area (Å²) in [5.41, 5.74) is 1.13. The smallest absolute Gasteiger partial charge is 0.133 e. The van der Waals surface area contributed by atoms with Crippen molar-refractivity contribution in [3.63, 3.8) is 0 Å². The molecule has 0 atom stereocenters. The molecule has 92 valence electrons. The number of amidine groups is 1. The molecule has 4 heteroatoms. The Bertz CT molecular complexity index is 281. The number of hydrogen-bond acceptors (Lipinski definition) is 3. The molecule has 0 aromatic carbocycles. The third-order valence-electron chi connectivity index (χ3n) is 2.69. The van der Waals surface area contributed by atoms with Gasteiger partial charge in [0.25, 0.3) is 0 Å². The number of allylic oxidation sites excluding steroid dienone is 2. The zero-order chi connectivity index (χ0) is 12.1. The van der Waals surface area contributed by atoms with Crippen molar-refractivity contribution in [2.45, 2.75) is 27.2 Å². The fourth-order valence-electron chi connectivity index (χ4n) is 1.73. The van der Waals surface area contributed by atoms with Crippen LogP contribution in [0, 0.1) is 5.92 Å². The Morgan fingerprint density at radius 2 is 2.19 bits per heavy atom. The summed E-state index contributed by atoms with van der Waals surface area (Å²) in [5.74, 6) is 7.53. The second-order valence-corrected chi connectivity index (χ2v) is 4.84. The van der Waals surface area contributed by atoms with Crippen LogP contribution < -0.4 is 5.84 Å². The molecule has 1 heterocycles. The number of nitrogens with zero attached hydrogens (tertiary/aromatic N) is 3. The Kier molecular flexibility index (Phi) is 4.96. The third kappa shape index (κ3) is 3.94. The average Bonchev–Trinajstić information content (AvgIpc) is 2.21. The zero-order valence-corrected chi connectivity index (χ0v) is 10.9. The van der Waals surface area contributed by atoms with E-state index in [1.165, 1.54) is 0 Å². The van der Waals surface area contributed by atoms with E-state index in [-0.39, 0.29) is 0 Å². The Morgan fingerprint density at radius 3 is 2.75 bits per heavy atom. The molecule has 16 heavy (non-hydrogen) atoms. The minimum Gasteiger partial charge on any atom is -0.297 e. The van der Waals surface area contributed by atoms with Crippen molar-refractivity contribution in [1.29, 1.82) is 0 Å². The molecule has 0 radical (unpaired) electrons. The lowest BCUT2D eigenvalue weighted by atomic mass is 10.1. The molecule has 1 saturated heterocycles. The van der Waals surface area contributed by atoms with Gasteiger partial charge in [0.15, 0.2) is 0 Å². The molecule has 0 aromatic heterocycles. The molecule has 1 fully saturated rings. The lowest BCUT2D eigenvalue weighted by Gasteiger charge is -2.31. The monoisotopic (exact) mass is 224 g/mol. The second kappa shape index (κ2) is 6.01. The van der Waals surface area contributed by atoms with Crippen molar-refractivity contribution in [3.05, 3.63) is 11.8 Å². The molecule has 1 aliphatic heterocycles. The average molecular weight is 224 g/mol. The summed E-state index contributed by atoms with van der Waals surface area (Å²) < 4.78 is 0. The van der Waals surface area contributed by atoms with Gasteiger partial charge in [-0.05, 0) is 26.3 Å². The van der Waals surface area contributed by atoms with E-state index in [0.29, 0.717) is 5.92 Å². The first kappa shape index (κ1) is 13.2. The first-order valence-corrected chi connectivity index (χ1v) is 5.96. The van der Waals surface area contributed by atoms with Gasteiger partial charge in [0.2, 0.25) is 0 Å². The lowest BCUT2D eigenvalue weighted by molar-refractivity contribution is 0.268. The van der Waals surface area contributed by atoms with Crippen LogP contribution >= 0.6 is 0 Å². The maximum Gasteiger partial charge on any atom is 0.133 e. The normalized spacial score (nSPS) is 22.2. The standard InChI is InChI=1S/C12H24N4/c1-5-11(8-10(2)3)14-12-9-15(4)6-7-16(12)13/h5,10H,6-9,13H2,1-4H3/b11-5-,14-12-. The third-order valence-corrected chi connectivity index (χ3v) is 2.69. The number of rotatable bonds is 3. The van der Waals surface area contributed by atoms with Crippen molar-refractivity contribution >= 4 is 5.84 Å². The first-order chi connectivity index (χ1) is 7.52. The van der Waals surface area contributed by atoms with Crippen molar-refractivity contribution in [2.75, 3.05) is 26.7 Å². The van der Waals surface area contributed by atoms with Crippen LogP contribution in [-0.2, 0) is 0 Å². The fourth-order valence-corrected chi connectivity index (χ4v) is 1.73. The van der Waals surface area contributed by atoms with Gasteiger partial charge in [-0.2, -0.15) is 0 Å². The van der Waals surface area contributed by atoms with Crippen molar-refractivity contribution < 1.29 is 0 Å². The van der Waals surface area contributed by atoms with Crippen LogP contribution in [0.25, 0.3) is 0 Å². The maximum absolute atomic E-state index is 5.92. The van der Waals surface area contributed by atoms with Crippen molar-refractivity contribution in [3.8, 4) is 0 Å². The Balaban J connectivity index is 2.71. The van der Waals surface area contributed by atoms with Gasteiger partial charge < -0.3 is 0 Å². The summed E-state index contributed by atoms with van der Waals surface area (Å²) in [7, 11) is 2.10. The molecule has 0 amide bonds. The van der Waals surface area contributed by atoms with E-state index in [1.54, 1.807) is 5.01 Å². The Labute approximate surface area is 98.8 Å². The van der Waals surface area contributed by atoms with E-state index >= 15 is 0 Å². The summed E-state index contributed by atoms with van der Waals surface area (Å²) in [6, 6.07) is 0. The number of piperazine rings is 1. The molecule has 0 bridgehead atoms. The topological polar surface area (TPSA) is 44.9 Å². The van der Waals surface area contributed by atoms with Gasteiger partial charge >= 0.3 is 0 Å². The van der Waals surface area contributed by atoms with E-state index < -0.39 is 0 Å². The van der Waals surface area contributed by atoms with Crippen LogP contribution in [0.2, 0.25) is 0 Å². The Hall–Kier alpha value is -0.870. The predicted octanol–water partition coefficient (Wildman–Crippen LogP) is 1.46. The van der Waals surface area contributed by atoms with Crippen LogP contribution in [-0.4, -0.2) is 42.4 Å². The van der Waals surface area contributed by atoms with E-state index in [2.05, 4.69) is 36.9 Å². The highest BCUT2D eigenvalue weighted by atomic mass is 15.5. The molecule has 0 aromatic rings. The number of likely N-dealkylation sites (N-methyl/N-ethyl adjacent to an activating group) is 1. The minimum atomic E-state index is 0.628. The van der Waals surface area contributed by atoms with Crippen LogP contribution in [0.3, 0.4) is 0 Å². The fraction of sp³-hybridized carbons (Fsp3) is 0.750. The van der Waals surface area contributed by atoms with Gasteiger partial charge in [0.05, 0.1) is 6.54 Å². The highest BCUT2D eigenvalue weighted by molar-refractivity contribution is 5.85. The highest BCUT2D eigenvalue weighted by Crippen LogP contribution is 2.13. The number of aliphatic imine (C=N–C) groups is 1. The van der Waals surface area contributed by atoms with Crippen LogP contribution in [0.5, 0.6) is 0 Å². The largest absolute Gasteiger partial charge is 0.297 e. The molecule has 2 N–H and O–H groups in total. The molecule has 0 spiro atoms. The minimum absolute atomic E-state index is 0.628. The summed E-state index contributed by atoms with van der Waals surface area (Å²) in [6.07, 6.45) is 3.09. The van der Waals surface area contributed by atoms with Crippen molar-refractivity contribution in [1.82, 2.24) is 9.91 Å². The van der Waals surface area contributed by atoms with Gasteiger partial charge in [-0.15, -0.1) is 0 Å². The van der Waals surface area contributed by atoms with Crippen molar-refractivity contribution in [2.24, 2.45) is 16.8 Å². The number of hydrogen-bond donors (Lipinski definition) is 1. The first-order valence-electron chi connectivity index (χ1n) is 5.96.